The lowest BCUT2D eigenvalue weighted by Crippen LogP contribution is -2.03. The summed E-state index contributed by atoms with van der Waals surface area (Å²) in [5, 5.41) is 3.92. The first-order chi connectivity index (χ1) is 6.65. The van der Waals surface area contributed by atoms with E-state index >= 15 is 0 Å². The number of nitrogens with zero attached hydrogens (tertiary/aromatic N) is 2. The Hall–Kier alpha value is -0.900. The molecule has 0 aliphatic heterocycles. The van der Waals surface area contributed by atoms with Crippen molar-refractivity contribution < 1.29 is 4.52 Å². The van der Waals surface area contributed by atoms with Gasteiger partial charge in [0, 0.05) is 12.3 Å². The summed E-state index contributed by atoms with van der Waals surface area (Å²) in [5.41, 5.74) is 5.41. The van der Waals surface area contributed by atoms with Gasteiger partial charge in [-0.15, -0.1) is 0 Å². The van der Waals surface area contributed by atoms with Crippen LogP contribution in [-0.4, -0.2) is 16.7 Å². The normalized spacial score (nSPS) is 13.5. The average Bonchev–Trinajstić information content (AvgIpc) is 2.61. The molecule has 0 bridgehead atoms. The first kappa shape index (κ1) is 11.2. The minimum atomic E-state index is 0.328. The van der Waals surface area contributed by atoms with Crippen LogP contribution in [0.4, 0.5) is 0 Å². The van der Waals surface area contributed by atoms with Crippen molar-refractivity contribution >= 4 is 0 Å². The number of aryl methyl sites for hydroxylation is 1. The molecule has 0 saturated carbocycles. The monoisotopic (exact) mass is 197 g/mol. The van der Waals surface area contributed by atoms with Crippen LogP contribution in [0.1, 0.15) is 44.8 Å². The van der Waals surface area contributed by atoms with Gasteiger partial charge in [-0.05, 0) is 18.9 Å². The van der Waals surface area contributed by atoms with Crippen molar-refractivity contribution in [2.75, 3.05) is 6.54 Å². The van der Waals surface area contributed by atoms with Crippen molar-refractivity contribution in [1.82, 2.24) is 10.1 Å². The highest BCUT2D eigenvalue weighted by atomic mass is 16.5. The van der Waals surface area contributed by atoms with Gasteiger partial charge in [0.15, 0.2) is 5.82 Å². The highest BCUT2D eigenvalue weighted by molar-refractivity contribution is 4.93. The Bertz CT molecular complexity index is 270. The van der Waals surface area contributed by atoms with Gasteiger partial charge in [0.05, 0.1) is 0 Å². The van der Waals surface area contributed by atoms with Gasteiger partial charge in [0.25, 0.3) is 0 Å². The molecule has 0 amide bonds. The van der Waals surface area contributed by atoms with Gasteiger partial charge in [0.1, 0.15) is 0 Å². The lowest BCUT2D eigenvalue weighted by molar-refractivity contribution is 0.328. The standard InChI is InChI=1S/C10H19N3O/c1-7(2)8(3)10-12-9(13-14-10)5-4-6-11/h7-8H,4-6,11H2,1-3H3. The number of hydrogen-bond donors (Lipinski definition) is 1. The van der Waals surface area contributed by atoms with Crippen LogP contribution in [0.3, 0.4) is 0 Å². The molecule has 1 aromatic heterocycles. The smallest absolute Gasteiger partial charge is 0.229 e. The van der Waals surface area contributed by atoms with Crippen LogP contribution in [0.2, 0.25) is 0 Å². The molecule has 2 N–H and O–H groups in total. The fraction of sp³-hybridized carbons (Fsp3) is 0.800. The summed E-state index contributed by atoms with van der Waals surface area (Å²) < 4.78 is 5.18. The van der Waals surface area contributed by atoms with Crippen LogP contribution in [0.5, 0.6) is 0 Å². The zero-order valence-corrected chi connectivity index (χ0v) is 9.16. The van der Waals surface area contributed by atoms with E-state index in [1.807, 2.05) is 0 Å². The van der Waals surface area contributed by atoms with Crippen molar-refractivity contribution in [2.45, 2.75) is 39.5 Å². The molecule has 1 rings (SSSR count). The molecule has 80 valence electrons. The fourth-order valence-electron chi connectivity index (χ4n) is 1.10. The summed E-state index contributed by atoms with van der Waals surface area (Å²) in [7, 11) is 0. The Balaban J connectivity index is 2.58. The van der Waals surface area contributed by atoms with E-state index in [1.54, 1.807) is 0 Å². The van der Waals surface area contributed by atoms with Crippen LogP contribution >= 0.6 is 0 Å². The molecule has 0 aliphatic carbocycles. The Morgan fingerprint density at radius 2 is 2.07 bits per heavy atom. The van der Waals surface area contributed by atoms with Gasteiger partial charge >= 0.3 is 0 Å². The Labute approximate surface area is 84.9 Å². The number of aromatic nitrogens is 2. The van der Waals surface area contributed by atoms with Gasteiger partial charge in [-0.2, -0.15) is 4.98 Å². The molecule has 1 aromatic rings. The molecule has 4 nitrogen and oxygen atoms in total. The van der Waals surface area contributed by atoms with E-state index < -0.39 is 0 Å². The molecule has 0 aliphatic rings. The van der Waals surface area contributed by atoms with Crippen LogP contribution < -0.4 is 5.73 Å². The second kappa shape index (κ2) is 5.10. The number of hydrogen-bond acceptors (Lipinski definition) is 4. The summed E-state index contributed by atoms with van der Waals surface area (Å²) in [6.07, 6.45) is 1.72. The van der Waals surface area contributed by atoms with Crippen LogP contribution in [0.25, 0.3) is 0 Å². The molecule has 4 heteroatoms. The van der Waals surface area contributed by atoms with Gasteiger partial charge < -0.3 is 10.3 Å². The van der Waals surface area contributed by atoms with E-state index in [0.29, 0.717) is 18.4 Å². The number of rotatable bonds is 5. The second-order valence-corrected chi connectivity index (χ2v) is 3.97. The summed E-state index contributed by atoms with van der Waals surface area (Å²) >= 11 is 0. The van der Waals surface area contributed by atoms with Gasteiger partial charge in [-0.25, -0.2) is 0 Å². The summed E-state index contributed by atoms with van der Waals surface area (Å²) in [5.74, 6) is 2.37. The molecule has 0 radical (unpaired) electrons. The van der Waals surface area contributed by atoms with E-state index in [0.717, 1.165) is 24.6 Å². The minimum absolute atomic E-state index is 0.328. The third-order valence-corrected chi connectivity index (χ3v) is 2.48. The van der Waals surface area contributed by atoms with Crippen molar-refractivity contribution in [2.24, 2.45) is 11.7 Å². The van der Waals surface area contributed by atoms with E-state index in [4.69, 9.17) is 10.3 Å². The number of nitrogens with two attached hydrogens (primary N) is 1. The molecule has 0 aromatic carbocycles. The lowest BCUT2D eigenvalue weighted by Gasteiger charge is -2.08. The maximum Gasteiger partial charge on any atom is 0.229 e. The fourth-order valence-corrected chi connectivity index (χ4v) is 1.10. The first-order valence-corrected chi connectivity index (χ1v) is 5.17. The Morgan fingerprint density at radius 3 is 2.64 bits per heavy atom. The summed E-state index contributed by atoms with van der Waals surface area (Å²) in [6, 6.07) is 0. The zero-order valence-electron chi connectivity index (χ0n) is 9.16. The first-order valence-electron chi connectivity index (χ1n) is 5.17. The van der Waals surface area contributed by atoms with Gasteiger partial charge in [-0.3, -0.25) is 0 Å². The van der Waals surface area contributed by atoms with Crippen molar-refractivity contribution in [3.63, 3.8) is 0 Å². The van der Waals surface area contributed by atoms with E-state index in [1.165, 1.54) is 0 Å². The third-order valence-electron chi connectivity index (χ3n) is 2.48. The van der Waals surface area contributed by atoms with Crippen LogP contribution in [0, 0.1) is 5.92 Å². The average molecular weight is 197 g/mol. The lowest BCUT2D eigenvalue weighted by atomic mass is 9.98. The van der Waals surface area contributed by atoms with Crippen LogP contribution in [0.15, 0.2) is 4.52 Å². The Morgan fingerprint density at radius 1 is 1.36 bits per heavy atom. The van der Waals surface area contributed by atoms with Crippen LogP contribution in [-0.2, 0) is 6.42 Å². The van der Waals surface area contributed by atoms with Gasteiger partial charge in [-0.1, -0.05) is 25.9 Å². The molecule has 1 unspecified atom stereocenters. The highest BCUT2D eigenvalue weighted by Crippen LogP contribution is 2.21. The van der Waals surface area contributed by atoms with Gasteiger partial charge in [0.2, 0.25) is 5.89 Å². The summed E-state index contributed by atoms with van der Waals surface area (Å²) in [6.45, 7) is 7.07. The predicted octanol–water partition coefficient (Wildman–Crippen LogP) is 1.72. The SMILES string of the molecule is CC(C)C(C)c1nc(CCCN)no1. The molecule has 0 spiro atoms. The predicted molar refractivity (Wildman–Crippen MR) is 54.9 cm³/mol. The largest absolute Gasteiger partial charge is 0.339 e. The van der Waals surface area contributed by atoms with Crippen molar-refractivity contribution in [3.8, 4) is 0 Å². The van der Waals surface area contributed by atoms with Crippen molar-refractivity contribution in [1.29, 1.82) is 0 Å². The quantitative estimate of drug-likeness (QED) is 0.780. The third kappa shape index (κ3) is 2.80. The van der Waals surface area contributed by atoms with E-state index in [-0.39, 0.29) is 0 Å². The van der Waals surface area contributed by atoms with Crippen molar-refractivity contribution in [3.05, 3.63) is 11.7 Å². The molecule has 1 heterocycles. The summed E-state index contributed by atoms with van der Waals surface area (Å²) in [4.78, 5) is 4.34. The molecule has 0 fully saturated rings. The minimum Gasteiger partial charge on any atom is -0.339 e. The molecule has 0 saturated heterocycles. The maximum absolute atomic E-state index is 5.41. The zero-order chi connectivity index (χ0) is 10.6. The molecular weight excluding hydrogens is 178 g/mol. The van der Waals surface area contributed by atoms with E-state index in [2.05, 4.69) is 30.9 Å². The molecule has 14 heavy (non-hydrogen) atoms. The maximum atomic E-state index is 5.41. The molecule has 1 atom stereocenters. The molecular formula is C10H19N3O. The topological polar surface area (TPSA) is 64.9 Å². The Kier molecular flexibility index (Phi) is 4.07. The van der Waals surface area contributed by atoms with E-state index in [9.17, 15) is 0 Å². The highest BCUT2D eigenvalue weighted by Gasteiger charge is 2.16. The second-order valence-electron chi connectivity index (χ2n) is 3.97.